The van der Waals surface area contributed by atoms with E-state index >= 15 is 0 Å². The van der Waals surface area contributed by atoms with E-state index in [0.29, 0.717) is 16.8 Å². The fourth-order valence-corrected chi connectivity index (χ4v) is 4.40. The highest BCUT2D eigenvalue weighted by Crippen LogP contribution is 2.45. The van der Waals surface area contributed by atoms with E-state index < -0.39 is 34.5 Å². The van der Waals surface area contributed by atoms with E-state index in [9.17, 15) is 28.3 Å². The number of nitrogens with zero attached hydrogens (tertiary/aromatic N) is 5. The first kappa shape index (κ1) is 28.3. The van der Waals surface area contributed by atoms with Crippen molar-refractivity contribution in [3.63, 3.8) is 0 Å². The molecule has 12 heteroatoms. The quantitative estimate of drug-likeness (QED) is 0.425. The third-order valence-electron chi connectivity index (χ3n) is 6.27. The first-order chi connectivity index (χ1) is 18.7. The summed E-state index contributed by atoms with van der Waals surface area (Å²) in [6.45, 7) is 6.63. The summed E-state index contributed by atoms with van der Waals surface area (Å²) in [6, 6.07) is 11.5. The molecule has 0 bridgehead atoms. The summed E-state index contributed by atoms with van der Waals surface area (Å²) in [4.78, 5) is 22.7. The highest BCUT2D eigenvalue weighted by atomic mass is 19.4. The molecule has 1 aliphatic rings. The number of ether oxygens (including phenoxy) is 1. The van der Waals surface area contributed by atoms with Crippen LogP contribution in [0.1, 0.15) is 49.9 Å². The van der Waals surface area contributed by atoms with Gasteiger partial charge in [-0.05, 0) is 62.7 Å². The summed E-state index contributed by atoms with van der Waals surface area (Å²) in [5.74, 6) is -0.169. The van der Waals surface area contributed by atoms with E-state index in [-0.39, 0.29) is 35.9 Å². The van der Waals surface area contributed by atoms with Crippen LogP contribution in [0.2, 0.25) is 0 Å². The highest BCUT2D eigenvalue weighted by Gasteiger charge is 2.44. The van der Waals surface area contributed by atoms with Crippen molar-refractivity contribution in [3.8, 4) is 23.4 Å². The number of hydrogen-bond acceptors (Lipinski definition) is 8. The molecule has 1 aliphatic heterocycles. The normalized spacial score (nSPS) is 16.6. The second-order valence-corrected chi connectivity index (χ2v) is 10.6. The van der Waals surface area contributed by atoms with Gasteiger partial charge in [0.25, 0.3) is 0 Å². The van der Waals surface area contributed by atoms with Crippen molar-refractivity contribution in [2.75, 3.05) is 23.4 Å². The molecule has 206 valence electrons. The predicted octanol–water partition coefficient (Wildman–Crippen LogP) is 5.65. The lowest BCUT2D eigenvalue weighted by molar-refractivity contribution is -0.136. The number of aliphatic hydroxyl groups excluding tert-OH is 1. The summed E-state index contributed by atoms with van der Waals surface area (Å²) in [5, 5.41) is 31.9. The van der Waals surface area contributed by atoms with Crippen molar-refractivity contribution in [2.24, 2.45) is 0 Å². The number of amides is 1. The van der Waals surface area contributed by atoms with E-state index in [4.69, 9.17) is 10.00 Å². The Labute approximate surface area is 228 Å². The Balaban J connectivity index is 1.78. The average Bonchev–Trinajstić information content (AvgIpc) is 3.20. The van der Waals surface area contributed by atoms with Crippen LogP contribution in [-0.4, -0.2) is 39.9 Å². The fourth-order valence-electron chi connectivity index (χ4n) is 4.40. The Morgan fingerprint density at radius 3 is 2.50 bits per heavy atom. The Morgan fingerprint density at radius 1 is 1.18 bits per heavy atom. The Hall–Kier alpha value is -4.68. The molecule has 0 fully saturated rings. The van der Waals surface area contributed by atoms with Crippen molar-refractivity contribution < 1.29 is 27.8 Å². The summed E-state index contributed by atoms with van der Waals surface area (Å²) in [5.41, 5.74) is -1.43. The molecule has 2 N–H and O–H groups in total. The van der Waals surface area contributed by atoms with Gasteiger partial charge >= 0.3 is 12.3 Å². The number of aliphatic hydroxyl groups is 1. The Bertz CT molecular complexity index is 1570. The van der Waals surface area contributed by atoms with Gasteiger partial charge in [-0.2, -0.15) is 23.7 Å². The van der Waals surface area contributed by atoms with Crippen LogP contribution >= 0.6 is 0 Å². The second kappa shape index (κ2) is 10.1. The molecular formula is C28H25F3N6O3. The first-order valence-corrected chi connectivity index (χ1v) is 12.1. The summed E-state index contributed by atoms with van der Waals surface area (Å²) >= 11 is 0. The van der Waals surface area contributed by atoms with Gasteiger partial charge < -0.3 is 15.2 Å². The third kappa shape index (κ3) is 5.53. The van der Waals surface area contributed by atoms with Gasteiger partial charge in [0.1, 0.15) is 11.7 Å². The number of nitrogens with one attached hydrogen (secondary N) is 1. The largest absolute Gasteiger partial charge is 0.443 e. The number of rotatable bonds is 4. The molecule has 0 aliphatic carbocycles. The van der Waals surface area contributed by atoms with E-state index in [1.807, 2.05) is 0 Å². The summed E-state index contributed by atoms with van der Waals surface area (Å²) < 4.78 is 46.2. The number of carbonyl (C=O) groups excluding carboxylic acids is 1. The Morgan fingerprint density at radius 2 is 1.90 bits per heavy atom. The molecule has 4 rings (SSSR count). The number of benzene rings is 2. The molecule has 1 amide bonds. The van der Waals surface area contributed by atoms with Crippen molar-refractivity contribution in [2.45, 2.75) is 44.9 Å². The van der Waals surface area contributed by atoms with Gasteiger partial charge in [-0.15, -0.1) is 0 Å². The van der Waals surface area contributed by atoms with E-state index in [1.165, 1.54) is 23.2 Å². The number of alkyl halides is 3. The van der Waals surface area contributed by atoms with Gasteiger partial charge in [0, 0.05) is 23.7 Å². The molecule has 1 aromatic heterocycles. The molecule has 0 saturated heterocycles. The topological polar surface area (TPSA) is 135 Å². The van der Waals surface area contributed by atoms with E-state index in [2.05, 4.69) is 21.4 Å². The molecule has 2 aromatic carbocycles. The Kier molecular flexibility index (Phi) is 7.18. The van der Waals surface area contributed by atoms with Gasteiger partial charge in [0.2, 0.25) is 5.95 Å². The van der Waals surface area contributed by atoms with Crippen molar-refractivity contribution in [1.82, 2.24) is 9.97 Å². The van der Waals surface area contributed by atoms with Crippen molar-refractivity contribution in [3.05, 3.63) is 64.8 Å². The van der Waals surface area contributed by atoms with E-state index in [1.54, 1.807) is 39.8 Å². The third-order valence-corrected chi connectivity index (χ3v) is 6.27. The van der Waals surface area contributed by atoms with Crippen LogP contribution in [0.15, 0.2) is 42.6 Å². The molecule has 40 heavy (non-hydrogen) atoms. The maximum Gasteiger partial charge on any atom is 0.418 e. The van der Waals surface area contributed by atoms with Crippen LogP contribution in [0.4, 0.5) is 35.3 Å². The maximum absolute atomic E-state index is 13.6. The highest BCUT2D eigenvalue weighted by molar-refractivity contribution is 5.95. The molecule has 0 radical (unpaired) electrons. The van der Waals surface area contributed by atoms with Gasteiger partial charge in [0.05, 0.1) is 46.4 Å². The van der Waals surface area contributed by atoms with E-state index in [0.717, 1.165) is 18.2 Å². The summed E-state index contributed by atoms with van der Waals surface area (Å²) in [7, 11) is 0. The number of halogens is 3. The van der Waals surface area contributed by atoms with Gasteiger partial charge in [-0.25, -0.2) is 14.8 Å². The van der Waals surface area contributed by atoms with Crippen LogP contribution < -0.4 is 10.2 Å². The second-order valence-electron chi connectivity index (χ2n) is 10.6. The van der Waals surface area contributed by atoms with Gasteiger partial charge in [0.15, 0.2) is 0 Å². The van der Waals surface area contributed by atoms with Crippen LogP contribution in [0.25, 0.3) is 11.3 Å². The molecule has 9 nitrogen and oxygen atoms in total. The van der Waals surface area contributed by atoms with Gasteiger partial charge in [-0.1, -0.05) is 6.92 Å². The number of aromatic nitrogens is 2. The zero-order valence-electron chi connectivity index (χ0n) is 22.1. The van der Waals surface area contributed by atoms with Crippen molar-refractivity contribution in [1.29, 1.82) is 10.5 Å². The molecule has 0 spiro atoms. The predicted molar refractivity (Wildman–Crippen MR) is 140 cm³/mol. The number of fused-ring (bicyclic) bond motifs is 1. The molecule has 3 aromatic rings. The molecule has 0 saturated carbocycles. The lowest BCUT2D eigenvalue weighted by Crippen LogP contribution is -2.40. The number of carbonyl (C=O) groups is 1. The number of hydrogen-bond donors (Lipinski definition) is 2. The number of anilines is 3. The average molecular weight is 551 g/mol. The minimum absolute atomic E-state index is 0.0155. The summed E-state index contributed by atoms with van der Waals surface area (Å²) in [6.07, 6.45) is -4.02. The lowest BCUT2D eigenvalue weighted by Gasteiger charge is -2.26. The van der Waals surface area contributed by atoms with Crippen LogP contribution in [0, 0.1) is 22.7 Å². The molecule has 2 heterocycles. The van der Waals surface area contributed by atoms with Gasteiger partial charge in [-0.3, -0.25) is 4.90 Å². The minimum atomic E-state index is -4.69. The molecule has 1 atom stereocenters. The monoisotopic (exact) mass is 550 g/mol. The fraction of sp³-hybridized carbons (Fsp3) is 0.321. The minimum Gasteiger partial charge on any atom is -0.443 e. The van der Waals surface area contributed by atoms with Crippen molar-refractivity contribution >= 4 is 23.4 Å². The number of nitriles is 2. The molecule has 0 unspecified atom stereocenters. The van der Waals surface area contributed by atoms with Crippen LogP contribution in [0.3, 0.4) is 0 Å². The van der Waals surface area contributed by atoms with Crippen LogP contribution in [-0.2, 0) is 16.3 Å². The lowest BCUT2D eigenvalue weighted by atomic mass is 9.83. The molecular weight excluding hydrogens is 525 g/mol. The smallest absolute Gasteiger partial charge is 0.418 e. The zero-order chi connectivity index (χ0) is 29.5. The first-order valence-electron chi connectivity index (χ1n) is 12.1. The SMILES string of the molecule is CC(C)(C)OC(=O)N1C[C@](C)(CO)c2cc(-c3ccnc(Nc4cc(C#N)ccc4C(F)(F)F)n3)cc(C#N)c21. The zero-order valence-corrected chi connectivity index (χ0v) is 22.1. The standard InChI is InChI=1S/C28H25F3N6O3/c1-26(2,3)40-25(39)37-14-27(4,15-38)20-11-17(10-18(13-33)23(20)37)21-7-8-34-24(35-21)36-22-9-16(12-32)5-6-19(22)28(29,30)31/h5-11,38H,14-15H2,1-4H3,(H,34,35,36)/t27-/m1/s1. The maximum atomic E-state index is 13.6. The van der Waals surface area contributed by atoms with Crippen LogP contribution in [0.5, 0.6) is 0 Å².